The number of fused-ring (bicyclic) bond motifs is 3. The SMILES string of the molecule is CCCCn1c(=O)c(CC)c(C(=O)NC2C[C@H]3CC[C@@H](C2)N3C)c2ccccc21. The van der Waals surface area contributed by atoms with Crippen molar-refractivity contribution in [2.24, 2.45) is 0 Å². The summed E-state index contributed by atoms with van der Waals surface area (Å²) in [6, 6.07) is 9.21. The molecule has 5 nitrogen and oxygen atoms in total. The Morgan fingerprint density at radius 2 is 1.83 bits per heavy atom. The Kier molecular flexibility index (Phi) is 5.77. The fourth-order valence-corrected chi connectivity index (χ4v) is 5.37. The molecule has 2 aliphatic heterocycles. The first-order chi connectivity index (χ1) is 14.0. The van der Waals surface area contributed by atoms with Crippen LogP contribution in [0.2, 0.25) is 0 Å². The van der Waals surface area contributed by atoms with Crippen LogP contribution in [0.15, 0.2) is 29.1 Å². The van der Waals surface area contributed by atoms with E-state index in [0.29, 0.717) is 36.2 Å². The molecule has 0 spiro atoms. The first-order valence-electron chi connectivity index (χ1n) is 11.2. The Hall–Kier alpha value is -2.14. The molecule has 2 aromatic rings. The average Bonchev–Trinajstić information content (AvgIpc) is 2.92. The molecule has 1 amide bonds. The average molecular weight is 396 g/mol. The van der Waals surface area contributed by atoms with Gasteiger partial charge in [0.2, 0.25) is 0 Å². The number of piperidine rings is 1. The lowest BCUT2D eigenvalue weighted by atomic mass is 9.96. The zero-order chi connectivity index (χ0) is 20.5. The number of unbranched alkanes of at least 4 members (excludes halogenated alkanes) is 1. The third kappa shape index (κ3) is 3.61. The molecule has 3 heterocycles. The molecule has 0 saturated carbocycles. The Morgan fingerprint density at radius 1 is 1.14 bits per heavy atom. The van der Waals surface area contributed by atoms with E-state index in [4.69, 9.17) is 0 Å². The number of benzene rings is 1. The highest BCUT2D eigenvalue weighted by atomic mass is 16.2. The molecule has 2 saturated heterocycles. The number of hydrogen-bond donors (Lipinski definition) is 1. The van der Waals surface area contributed by atoms with E-state index in [1.54, 1.807) is 0 Å². The van der Waals surface area contributed by atoms with Crippen LogP contribution in [0.1, 0.15) is 68.3 Å². The van der Waals surface area contributed by atoms with Gasteiger partial charge in [0.05, 0.1) is 11.1 Å². The highest BCUT2D eigenvalue weighted by Crippen LogP contribution is 2.34. The van der Waals surface area contributed by atoms with Crippen molar-refractivity contribution in [2.75, 3.05) is 7.05 Å². The molecule has 3 atom stereocenters. The first-order valence-corrected chi connectivity index (χ1v) is 11.2. The van der Waals surface area contributed by atoms with Gasteiger partial charge in [-0.05, 0) is 51.6 Å². The van der Waals surface area contributed by atoms with Crippen LogP contribution >= 0.6 is 0 Å². The Bertz CT molecular complexity index is 950. The maximum atomic E-state index is 13.4. The minimum absolute atomic E-state index is 0.00625. The molecular formula is C24H33N3O2. The van der Waals surface area contributed by atoms with Crippen LogP contribution in [0.25, 0.3) is 10.9 Å². The number of aryl methyl sites for hydroxylation is 1. The summed E-state index contributed by atoms with van der Waals surface area (Å²) in [6.45, 7) is 4.80. The molecule has 2 bridgehead atoms. The van der Waals surface area contributed by atoms with E-state index in [1.807, 2.05) is 35.8 Å². The van der Waals surface area contributed by atoms with Crippen molar-refractivity contribution in [3.05, 3.63) is 45.7 Å². The third-order valence-corrected chi connectivity index (χ3v) is 7.02. The lowest BCUT2D eigenvalue weighted by Crippen LogP contribution is -2.49. The second-order valence-corrected chi connectivity index (χ2v) is 8.73. The molecular weight excluding hydrogens is 362 g/mol. The van der Waals surface area contributed by atoms with Crippen molar-refractivity contribution >= 4 is 16.8 Å². The van der Waals surface area contributed by atoms with Crippen molar-refractivity contribution < 1.29 is 4.79 Å². The van der Waals surface area contributed by atoms with Crippen molar-refractivity contribution in [1.29, 1.82) is 0 Å². The van der Waals surface area contributed by atoms with Crippen molar-refractivity contribution in [3.8, 4) is 0 Å². The van der Waals surface area contributed by atoms with Crippen molar-refractivity contribution in [1.82, 2.24) is 14.8 Å². The number of aromatic nitrogens is 1. The zero-order valence-corrected chi connectivity index (χ0v) is 17.9. The lowest BCUT2D eigenvalue weighted by Gasteiger charge is -2.36. The number of carbonyl (C=O) groups is 1. The van der Waals surface area contributed by atoms with E-state index in [1.165, 1.54) is 12.8 Å². The molecule has 29 heavy (non-hydrogen) atoms. The maximum absolute atomic E-state index is 13.4. The predicted molar refractivity (Wildman–Crippen MR) is 118 cm³/mol. The van der Waals surface area contributed by atoms with E-state index in [-0.39, 0.29) is 17.5 Å². The van der Waals surface area contributed by atoms with Crippen molar-refractivity contribution in [2.45, 2.75) is 83.5 Å². The highest BCUT2D eigenvalue weighted by Gasteiger charge is 2.39. The number of hydrogen-bond acceptors (Lipinski definition) is 3. The molecule has 156 valence electrons. The summed E-state index contributed by atoms with van der Waals surface area (Å²) in [5.41, 5.74) is 2.10. The Morgan fingerprint density at radius 3 is 2.48 bits per heavy atom. The summed E-state index contributed by atoms with van der Waals surface area (Å²) < 4.78 is 1.87. The van der Waals surface area contributed by atoms with E-state index in [9.17, 15) is 9.59 Å². The Balaban J connectivity index is 1.71. The van der Waals surface area contributed by atoms with Gasteiger partial charge in [0.15, 0.2) is 0 Å². The van der Waals surface area contributed by atoms with Gasteiger partial charge in [0.25, 0.3) is 11.5 Å². The van der Waals surface area contributed by atoms with E-state index in [2.05, 4.69) is 24.2 Å². The summed E-state index contributed by atoms with van der Waals surface area (Å²) in [6.07, 6.45) is 7.02. The molecule has 2 aliphatic rings. The van der Waals surface area contributed by atoms with Gasteiger partial charge in [-0.3, -0.25) is 9.59 Å². The standard InChI is InChI=1S/C24H33N3O2/c1-4-6-13-27-21-10-8-7-9-20(21)22(19(5-2)24(27)29)23(28)25-16-14-17-11-12-18(15-16)26(17)3/h7-10,16-18H,4-6,11-15H2,1-3H3,(H,25,28)/t16?,17-,18+. The molecule has 1 aromatic heterocycles. The summed E-state index contributed by atoms with van der Waals surface area (Å²) in [7, 11) is 2.21. The molecule has 4 rings (SSSR count). The van der Waals surface area contributed by atoms with Gasteiger partial charge in [-0.15, -0.1) is 0 Å². The van der Waals surface area contributed by atoms with Gasteiger partial charge in [0, 0.05) is 35.6 Å². The van der Waals surface area contributed by atoms with Crippen LogP contribution in [0.4, 0.5) is 0 Å². The molecule has 1 aromatic carbocycles. The van der Waals surface area contributed by atoms with Gasteiger partial charge >= 0.3 is 0 Å². The van der Waals surface area contributed by atoms with Crippen LogP contribution in [-0.2, 0) is 13.0 Å². The Labute approximate surface area is 173 Å². The van der Waals surface area contributed by atoms with Crippen LogP contribution in [-0.4, -0.2) is 40.5 Å². The predicted octanol–water partition coefficient (Wildman–Crippen LogP) is 3.72. The van der Waals surface area contributed by atoms with Gasteiger partial charge in [-0.1, -0.05) is 38.5 Å². The summed E-state index contributed by atoms with van der Waals surface area (Å²) in [5.74, 6) is -0.0771. The zero-order valence-electron chi connectivity index (χ0n) is 17.9. The first kappa shape index (κ1) is 20.1. The van der Waals surface area contributed by atoms with Crippen molar-refractivity contribution in [3.63, 3.8) is 0 Å². The fourth-order valence-electron chi connectivity index (χ4n) is 5.37. The largest absolute Gasteiger partial charge is 0.349 e. The molecule has 1 unspecified atom stereocenters. The number of para-hydroxylation sites is 1. The lowest BCUT2D eigenvalue weighted by molar-refractivity contribution is 0.0883. The van der Waals surface area contributed by atoms with E-state index < -0.39 is 0 Å². The minimum Gasteiger partial charge on any atom is -0.349 e. The maximum Gasteiger partial charge on any atom is 0.255 e. The second kappa shape index (κ2) is 8.31. The summed E-state index contributed by atoms with van der Waals surface area (Å²) >= 11 is 0. The fraction of sp³-hybridized carbons (Fsp3) is 0.583. The van der Waals surface area contributed by atoms with E-state index in [0.717, 1.165) is 36.6 Å². The summed E-state index contributed by atoms with van der Waals surface area (Å²) in [5, 5.41) is 4.20. The van der Waals surface area contributed by atoms with Crippen LogP contribution in [0.5, 0.6) is 0 Å². The van der Waals surface area contributed by atoms with Crippen LogP contribution < -0.4 is 10.9 Å². The quantitative estimate of drug-likeness (QED) is 0.811. The highest BCUT2D eigenvalue weighted by molar-refractivity contribution is 6.07. The molecule has 0 aliphatic carbocycles. The van der Waals surface area contributed by atoms with Gasteiger partial charge < -0.3 is 14.8 Å². The van der Waals surface area contributed by atoms with Crippen LogP contribution in [0, 0.1) is 0 Å². The number of nitrogens with zero attached hydrogens (tertiary/aromatic N) is 2. The summed E-state index contributed by atoms with van der Waals surface area (Å²) in [4.78, 5) is 29.2. The van der Waals surface area contributed by atoms with Crippen LogP contribution in [0.3, 0.4) is 0 Å². The number of pyridine rings is 1. The van der Waals surface area contributed by atoms with Gasteiger partial charge in [-0.2, -0.15) is 0 Å². The smallest absolute Gasteiger partial charge is 0.255 e. The monoisotopic (exact) mass is 395 g/mol. The molecule has 0 radical (unpaired) electrons. The second-order valence-electron chi connectivity index (χ2n) is 8.73. The van der Waals surface area contributed by atoms with Gasteiger partial charge in [-0.25, -0.2) is 0 Å². The van der Waals surface area contributed by atoms with E-state index >= 15 is 0 Å². The molecule has 1 N–H and O–H groups in total. The number of amides is 1. The molecule has 2 fully saturated rings. The van der Waals surface area contributed by atoms with Gasteiger partial charge in [0.1, 0.15) is 0 Å². The number of rotatable bonds is 6. The molecule has 5 heteroatoms. The number of nitrogens with one attached hydrogen (secondary N) is 1. The minimum atomic E-state index is -0.0771. The third-order valence-electron chi connectivity index (χ3n) is 7.02. The number of carbonyl (C=O) groups excluding carboxylic acids is 1. The normalized spacial score (nSPS) is 24.2. The topological polar surface area (TPSA) is 54.3 Å².